The lowest BCUT2D eigenvalue weighted by Crippen LogP contribution is -2.17. The molecule has 0 radical (unpaired) electrons. The number of benzene rings is 1. The summed E-state index contributed by atoms with van der Waals surface area (Å²) in [6, 6.07) is 10.9. The summed E-state index contributed by atoms with van der Waals surface area (Å²) < 4.78 is 5.62. The normalized spacial score (nSPS) is 15.2. The number of rotatable bonds is 6. The molecule has 1 aliphatic rings. The van der Waals surface area contributed by atoms with E-state index in [9.17, 15) is 9.59 Å². The van der Waals surface area contributed by atoms with Gasteiger partial charge >= 0.3 is 0 Å². The third kappa shape index (κ3) is 4.37. The molecule has 1 aromatic carbocycles. The number of nitrogens with one attached hydrogen (secondary N) is 2. The Morgan fingerprint density at radius 3 is 2.58 bits per heavy atom. The van der Waals surface area contributed by atoms with Crippen LogP contribution in [0.1, 0.15) is 23.7 Å². The Hall–Kier alpha value is -2.93. The fourth-order valence-corrected chi connectivity index (χ4v) is 2.96. The fraction of sp³-hybridized carbons (Fsp3) is 0.158. The zero-order valence-electron chi connectivity index (χ0n) is 14.1. The molecule has 26 heavy (non-hydrogen) atoms. The molecule has 1 aliphatic heterocycles. The predicted octanol–water partition coefficient (Wildman–Crippen LogP) is 3.41. The van der Waals surface area contributed by atoms with Crippen molar-refractivity contribution in [2.24, 2.45) is 0 Å². The minimum absolute atomic E-state index is 0.117. The Labute approximate surface area is 155 Å². The second-order valence-electron chi connectivity index (χ2n) is 5.59. The predicted molar refractivity (Wildman–Crippen MR) is 101 cm³/mol. The first-order chi connectivity index (χ1) is 12.5. The SMILES string of the molecule is CCc1ccc(C(=N)COc2ccc(/C=C3\SC(=O)NC3=O)cc2)nc1. The first-order valence-corrected chi connectivity index (χ1v) is 8.87. The number of carbonyl (C=O) groups excluding carboxylic acids is 2. The van der Waals surface area contributed by atoms with Crippen molar-refractivity contribution in [2.45, 2.75) is 13.3 Å². The van der Waals surface area contributed by atoms with Crippen LogP contribution in [-0.4, -0.2) is 28.4 Å². The Bertz CT molecular complexity index is 874. The summed E-state index contributed by atoms with van der Waals surface area (Å²) in [5.41, 5.74) is 2.81. The molecule has 0 saturated carbocycles. The van der Waals surface area contributed by atoms with E-state index >= 15 is 0 Å². The van der Waals surface area contributed by atoms with Gasteiger partial charge < -0.3 is 4.74 Å². The summed E-state index contributed by atoms with van der Waals surface area (Å²) in [5.74, 6) is 0.233. The van der Waals surface area contributed by atoms with Gasteiger partial charge in [-0.2, -0.15) is 0 Å². The largest absolute Gasteiger partial charge is 0.487 e. The molecule has 0 spiro atoms. The molecule has 0 atom stereocenters. The van der Waals surface area contributed by atoms with Gasteiger partial charge in [-0.15, -0.1) is 0 Å². The molecule has 0 bridgehead atoms. The average molecular weight is 367 g/mol. The molecule has 7 heteroatoms. The molecule has 2 amide bonds. The third-order valence-electron chi connectivity index (χ3n) is 3.75. The van der Waals surface area contributed by atoms with Crippen molar-refractivity contribution in [1.82, 2.24) is 10.3 Å². The Kier molecular flexibility index (Phi) is 5.48. The van der Waals surface area contributed by atoms with E-state index in [4.69, 9.17) is 10.1 Å². The van der Waals surface area contributed by atoms with Crippen molar-refractivity contribution < 1.29 is 14.3 Å². The molecule has 0 aliphatic carbocycles. The van der Waals surface area contributed by atoms with Gasteiger partial charge in [-0.05, 0) is 53.6 Å². The highest BCUT2D eigenvalue weighted by atomic mass is 32.2. The van der Waals surface area contributed by atoms with Crippen LogP contribution in [-0.2, 0) is 11.2 Å². The van der Waals surface area contributed by atoms with Crippen LogP contribution in [0.4, 0.5) is 4.79 Å². The average Bonchev–Trinajstić information content (AvgIpc) is 2.98. The molecule has 0 unspecified atom stereocenters. The molecule has 3 rings (SSSR count). The van der Waals surface area contributed by atoms with Crippen LogP contribution in [0, 0.1) is 5.41 Å². The molecule has 6 nitrogen and oxygen atoms in total. The number of imide groups is 1. The highest BCUT2D eigenvalue weighted by Crippen LogP contribution is 2.26. The number of hydrogen-bond donors (Lipinski definition) is 2. The molecule has 1 fully saturated rings. The maximum absolute atomic E-state index is 11.5. The third-order valence-corrected chi connectivity index (χ3v) is 4.56. The summed E-state index contributed by atoms with van der Waals surface area (Å²) in [7, 11) is 0. The number of thioether (sulfide) groups is 1. The van der Waals surface area contributed by atoms with Crippen LogP contribution in [0.5, 0.6) is 5.75 Å². The molecule has 2 aromatic rings. The first kappa shape index (κ1) is 17.9. The van der Waals surface area contributed by atoms with Crippen LogP contribution in [0.25, 0.3) is 6.08 Å². The van der Waals surface area contributed by atoms with Crippen molar-refractivity contribution in [3.8, 4) is 5.75 Å². The van der Waals surface area contributed by atoms with Crippen LogP contribution in [0.3, 0.4) is 0 Å². The summed E-state index contributed by atoms with van der Waals surface area (Å²) in [6.45, 7) is 2.17. The number of ether oxygens (including phenoxy) is 1. The van der Waals surface area contributed by atoms with Gasteiger partial charge in [0.2, 0.25) is 0 Å². The quantitative estimate of drug-likeness (QED) is 0.603. The van der Waals surface area contributed by atoms with Gasteiger partial charge in [0, 0.05) is 6.20 Å². The van der Waals surface area contributed by atoms with E-state index in [0.29, 0.717) is 22.1 Å². The van der Waals surface area contributed by atoms with Crippen LogP contribution in [0.15, 0.2) is 47.5 Å². The van der Waals surface area contributed by atoms with Gasteiger partial charge in [-0.1, -0.05) is 25.1 Å². The molecule has 2 N–H and O–H groups in total. The van der Waals surface area contributed by atoms with Crippen LogP contribution in [0.2, 0.25) is 0 Å². The van der Waals surface area contributed by atoms with E-state index in [0.717, 1.165) is 29.3 Å². The minimum atomic E-state index is -0.379. The topological polar surface area (TPSA) is 92.1 Å². The van der Waals surface area contributed by atoms with Gasteiger partial charge in [0.1, 0.15) is 12.4 Å². The summed E-state index contributed by atoms with van der Waals surface area (Å²) in [5, 5.41) is 9.92. The minimum Gasteiger partial charge on any atom is -0.487 e. The number of carbonyl (C=O) groups is 2. The maximum Gasteiger partial charge on any atom is 0.290 e. The van der Waals surface area contributed by atoms with Gasteiger partial charge in [0.05, 0.1) is 16.3 Å². The number of pyridine rings is 1. The fourth-order valence-electron chi connectivity index (χ4n) is 2.27. The summed E-state index contributed by atoms with van der Waals surface area (Å²) in [4.78, 5) is 27.3. The molecule has 2 heterocycles. The summed E-state index contributed by atoms with van der Waals surface area (Å²) in [6.07, 6.45) is 4.33. The molecule has 1 aromatic heterocycles. The Morgan fingerprint density at radius 2 is 2.00 bits per heavy atom. The van der Waals surface area contributed by atoms with E-state index in [1.165, 1.54) is 0 Å². The number of aryl methyl sites for hydroxylation is 1. The zero-order valence-corrected chi connectivity index (χ0v) is 14.9. The van der Waals surface area contributed by atoms with Crippen molar-refractivity contribution in [3.63, 3.8) is 0 Å². The highest BCUT2D eigenvalue weighted by molar-refractivity contribution is 8.18. The van der Waals surface area contributed by atoms with Crippen LogP contribution < -0.4 is 10.1 Å². The van der Waals surface area contributed by atoms with Crippen LogP contribution >= 0.6 is 11.8 Å². The van der Waals surface area contributed by atoms with Crippen molar-refractivity contribution >= 4 is 34.7 Å². The van der Waals surface area contributed by atoms with E-state index in [1.54, 1.807) is 36.5 Å². The van der Waals surface area contributed by atoms with E-state index in [2.05, 4.69) is 17.2 Å². The molecular formula is C19H17N3O3S. The Morgan fingerprint density at radius 1 is 1.23 bits per heavy atom. The lowest BCUT2D eigenvalue weighted by atomic mass is 10.2. The number of amides is 2. The van der Waals surface area contributed by atoms with Crippen molar-refractivity contribution in [1.29, 1.82) is 5.41 Å². The maximum atomic E-state index is 11.5. The number of nitrogens with zero attached hydrogens (tertiary/aromatic N) is 1. The van der Waals surface area contributed by atoms with E-state index < -0.39 is 0 Å². The molecular weight excluding hydrogens is 350 g/mol. The van der Waals surface area contributed by atoms with Gasteiger partial charge in [-0.25, -0.2) is 0 Å². The van der Waals surface area contributed by atoms with Gasteiger partial charge in [0.15, 0.2) is 0 Å². The summed E-state index contributed by atoms with van der Waals surface area (Å²) >= 11 is 0.882. The zero-order chi connectivity index (χ0) is 18.5. The highest BCUT2D eigenvalue weighted by Gasteiger charge is 2.24. The van der Waals surface area contributed by atoms with Crippen molar-refractivity contribution in [2.75, 3.05) is 6.61 Å². The smallest absolute Gasteiger partial charge is 0.290 e. The lowest BCUT2D eigenvalue weighted by Gasteiger charge is -2.08. The lowest BCUT2D eigenvalue weighted by molar-refractivity contribution is -0.115. The second kappa shape index (κ2) is 7.97. The van der Waals surface area contributed by atoms with Gasteiger partial charge in [-0.3, -0.25) is 25.3 Å². The van der Waals surface area contributed by atoms with Gasteiger partial charge in [0.25, 0.3) is 11.1 Å². The van der Waals surface area contributed by atoms with E-state index in [-0.39, 0.29) is 17.8 Å². The number of aromatic nitrogens is 1. The molecule has 132 valence electrons. The van der Waals surface area contributed by atoms with E-state index in [1.807, 2.05) is 12.1 Å². The van der Waals surface area contributed by atoms with Crippen molar-refractivity contribution in [3.05, 3.63) is 64.3 Å². The molecule has 1 saturated heterocycles. The standard InChI is InChI=1S/C19H17N3O3S/c1-2-12-5-8-16(21-10-12)15(20)11-25-14-6-3-13(4-7-14)9-17-18(23)22-19(24)26-17/h3-10,20H,2,11H2,1H3,(H,22,23,24)/b17-9-,20-15?. The second-order valence-corrected chi connectivity index (χ2v) is 6.61. The first-order valence-electron chi connectivity index (χ1n) is 8.05. The number of hydrogen-bond acceptors (Lipinski definition) is 6. The Balaban J connectivity index is 1.59. The monoisotopic (exact) mass is 367 g/mol.